The molecule has 1 rings (SSSR count). The molecular weight excluding hydrogens is 288 g/mol. The number of rotatable bonds is 6. The summed E-state index contributed by atoms with van der Waals surface area (Å²) in [5.74, 6) is 0.583. The molecule has 0 saturated carbocycles. The SMILES string of the molecule is CCC(CC)C(Br)CNC(=O)c1cncs1. The monoisotopic (exact) mass is 304 g/mol. The zero-order chi connectivity index (χ0) is 12.0. The van der Waals surface area contributed by atoms with Crippen LogP contribution in [-0.2, 0) is 0 Å². The molecule has 90 valence electrons. The summed E-state index contributed by atoms with van der Waals surface area (Å²) in [4.78, 5) is 16.5. The van der Waals surface area contributed by atoms with Crippen molar-refractivity contribution in [2.75, 3.05) is 6.54 Å². The first kappa shape index (κ1) is 13.6. The summed E-state index contributed by atoms with van der Waals surface area (Å²) in [6.07, 6.45) is 3.85. The summed E-state index contributed by atoms with van der Waals surface area (Å²) in [6, 6.07) is 0. The van der Waals surface area contributed by atoms with Crippen LogP contribution in [0.2, 0.25) is 0 Å². The molecule has 1 atom stereocenters. The Kier molecular flexibility index (Phi) is 5.98. The van der Waals surface area contributed by atoms with Gasteiger partial charge in [-0.15, -0.1) is 11.3 Å². The summed E-state index contributed by atoms with van der Waals surface area (Å²) >= 11 is 4.99. The fourth-order valence-corrected chi connectivity index (χ4v) is 3.02. The molecule has 0 aliphatic rings. The predicted octanol–water partition coefficient (Wildman–Crippen LogP) is 3.07. The number of hydrogen-bond donors (Lipinski definition) is 1. The maximum atomic E-state index is 11.6. The van der Waals surface area contributed by atoms with E-state index >= 15 is 0 Å². The molecule has 1 unspecified atom stereocenters. The lowest BCUT2D eigenvalue weighted by molar-refractivity contribution is 0.0956. The highest BCUT2D eigenvalue weighted by Crippen LogP contribution is 2.19. The number of nitrogens with one attached hydrogen (secondary N) is 1. The van der Waals surface area contributed by atoms with E-state index in [0.29, 0.717) is 22.2 Å². The van der Waals surface area contributed by atoms with Crippen molar-refractivity contribution in [1.82, 2.24) is 10.3 Å². The van der Waals surface area contributed by atoms with Crippen molar-refractivity contribution in [1.29, 1.82) is 0 Å². The number of carbonyl (C=O) groups excluding carboxylic acids is 1. The van der Waals surface area contributed by atoms with Crippen LogP contribution in [0.4, 0.5) is 0 Å². The highest BCUT2D eigenvalue weighted by molar-refractivity contribution is 9.09. The standard InChI is InChI=1S/C11H17BrN2OS/c1-3-8(4-2)9(12)5-14-11(15)10-6-13-7-16-10/h6-9H,3-5H2,1-2H3,(H,14,15). The molecule has 0 radical (unpaired) electrons. The third-order valence-corrected chi connectivity index (χ3v) is 4.52. The average Bonchev–Trinajstić information content (AvgIpc) is 2.81. The zero-order valence-corrected chi connectivity index (χ0v) is 12.0. The summed E-state index contributed by atoms with van der Waals surface area (Å²) in [6.45, 7) is 5.02. The van der Waals surface area contributed by atoms with Crippen LogP contribution in [0.1, 0.15) is 36.4 Å². The van der Waals surface area contributed by atoms with Crippen molar-refractivity contribution >= 4 is 33.2 Å². The van der Waals surface area contributed by atoms with Gasteiger partial charge in [-0.1, -0.05) is 42.6 Å². The van der Waals surface area contributed by atoms with Crippen molar-refractivity contribution in [3.05, 3.63) is 16.6 Å². The Balaban J connectivity index is 2.37. The molecule has 3 nitrogen and oxygen atoms in total. The molecule has 0 saturated heterocycles. The lowest BCUT2D eigenvalue weighted by Crippen LogP contribution is -2.32. The van der Waals surface area contributed by atoms with Gasteiger partial charge in [-0.05, 0) is 5.92 Å². The average molecular weight is 305 g/mol. The van der Waals surface area contributed by atoms with Crippen molar-refractivity contribution in [2.24, 2.45) is 5.92 Å². The lowest BCUT2D eigenvalue weighted by Gasteiger charge is -2.19. The Bertz CT molecular complexity index is 312. The van der Waals surface area contributed by atoms with Gasteiger partial charge in [0, 0.05) is 11.4 Å². The van der Waals surface area contributed by atoms with Crippen molar-refractivity contribution in [2.45, 2.75) is 31.5 Å². The van der Waals surface area contributed by atoms with E-state index in [-0.39, 0.29) is 5.91 Å². The molecule has 0 spiro atoms. The van der Waals surface area contributed by atoms with Crippen LogP contribution in [0.5, 0.6) is 0 Å². The number of halogens is 1. The third kappa shape index (κ3) is 3.87. The van der Waals surface area contributed by atoms with Crippen molar-refractivity contribution in [3.8, 4) is 0 Å². The van der Waals surface area contributed by atoms with E-state index in [9.17, 15) is 4.79 Å². The predicted molar refractivity (Wildman–Crippen MR) is 71.2 cm³/mol. The molecule has 1 aromatic rings. The van der Waals surface area contributed by atoms with Crippen LogP contribution in [-0.4, -0.2) is 22.3 Å². The molecule has 1 heterocycles. The van der Waals surface area contributed by atoms with Gasteiger partial charge in [-0.25, -0.2) is 0 Å². The second kappa shape index (κ2) is 7.01. The van der Waals surface area contributed by atoms with Crippen LogP contribution in [0, 0.1) is 5.92 Å². The van der Waals surface area contributed by atoms with Gasteiger partial charge in [0.25, 0.3) is 5.91 Å². The first-order chi connectivity index (χ1) is 7.69. The molecular formula is C11H17BrN2OS. The molecule has 1 aromatic heterocycles. The van der Waals surface area contributed by atoms with Gasteiger partial charge in [0.05, 0.1) is 11.7 Å². The smallest absolute Gasteiger partial charge is 0.263 e. The van der Waals surface area contributed by atoms with Crippen LogP contribution in [0.3, 0.4) is 0 Å². The number of thiazole rings is 1. The summed E-state index contributed by atoms with van der Waals surface area (Å²) in [5.41, 5.74) is 1.67. The Labute approximate surface area is 109 Å². The van der Waals surface area contributed by atoms with E-state index in [1.54, 1.807) is 11.7 Å². The fraction of sp³-hybridized carbons (Fsp3) is 0.636. The summed E-state index contributed by atoms with van der Waals surface area (Å²) < 4.78 is 0. The maximum absolute atomic E-state index is 11.6. The Morgan fingerprint density at radius 2 is 2.25 bits per heavy atom. The van der Waals surface area contributed by atoms with Gasteiger partial charge in [0.15, 0.2) is 0 Å². The molecule has 1 N–H and O–H groups in total. The highest BCUT2D eigenvalue weighted by atomic mass is 79.9. The lowest BCUT2D eigenvalue weighted by atomic mass is 9.99. The molecule has 16 heavy (non-hydrogen) atoms. The highest BCUT2D eigenvalue weighted by Gasteiger charge is 2.16. The number of hydrogen-bond acceptors (Lipinski definition) is 3. The van der Waals surface area contributed by atoms with Gasteiger partial charge in [-0.3, -0.25) is 9.78 Å². The topological polar surface area (TPSA) is 42.0 Å². The number of alkyl halides is 1. The first-order valence-electron chi connectivity index (χ1n) is 5.49. The Morgan fingerprint density at radius 3 is 2.75 bits per heavy atom. The van der Waals surface area contributed by atoms with Crippen LogP contribution >= 0.6 is 27.3 Å². The summed E-state index contributed by atoms with van der Waals surface area (Å²) in [5, 5.41) is 2.92. The third-order valence-electron chi connectivity index (χ3n) is 2.67. The number of nitrogens with zero attached hydrogens (tertiary/aromatic N) is 1. The van der Waals surface area contributed by atoms with E-state index in [4.69, 9.17) is 0 Å². The molecule has 0 fully saturated rings. The number of amides is 1. The fourth-order valence-electron chi connectivity index (χ4n) is 1.57. The van der Waals surface area contributed by atoms with Crippen molar-refractivity contribution < 1.29 is 4.79 Å². The largest absolute Gasteiger partial charge is 0.350 e. The van der Waals surface area contributed by atoms with E-state index in [2.05, 4.69) is 40.1 Å². The molecule has 1 amide bonds. The molecule has 0 aromatic carbocycles. The quantitative estimate of drug-likeness (QED) is 0.821. The van der Waals surface area contributed by atoms with Crippen molar-refractivity contribution in [3.63, 3.8) is 0 Å². The van der Waals surface area contributed by atoms with Gasteiger partial charge < -0.3 is 5.32 Å². The van der Waals surface area contributed by atoms with Crippen LogP contribution in [0.15, 0.2) is 11.7 Å². The van der Waals surface area contributed by atoms with Gasteiger partial charge in [-0.2, -0.15) is 0 Å². The van der Waals surface area contributed by atoms with E-state index < -0.39 is 0 Å². The second-order valence-corrected chi connectivity index (χ2v) is 5.73. The van der Waals surface area contributed by atoms with Gasteiger partial charge in [0.2, 0.25) is 0 Å². The van der Waals surface area contributed by atoms with E-state index in [1.807, 2.05) is 0 Å². The van der Waals surface area contributed by atoms with Crippen LogP contribution < -0.4 is 5.32 Å². The molecule has 5 heteroatoms. The number of carbonyl (C=O) groups is 1. The van der Waals surface area contributed by atoms with E-state index in [0.717, 1.165) is 12.8 Å². The Hall–Kier alpha value is -0.420. The minimum atomic E-state index is -0.0297. The second-order valence-electron chi connectivity index (χ2n) is 3.67. The summed E-state index contributed by atoms with van der Waals surface area (Å²) in [7, 11) is 0. The van der Waals surface area contributed by atoms with E-state index in [1.165, 1.54) is 11.3 Å². The molecule has 0 aliphatic heterocycles. The number of aromatic nitrogens is 1. The Morgan fingerprint density at radius 1 is 1.56 bits per heavy atom. The minimum absolute atomic E-state index is 0.0297. The maximum Gasteiger partial charge on any atom is 0.263 e. The normalized spacial score (nSPS) is 12.8. The first-order valence-corrected chi connectivity index (χ1v) is 7.29. The van der Waals surface area contributed by atoms with Crippen LogP contribution in [0.25, 0.3) is 0 Å². The molecule has 0 aliphatic carbocycles. The van der Waals surface area contributed by atoms with Gasteiger partial charge in [0.1, 0.15) is 4.88 Å². The van der Waals surface area contributed by atoms with Gasteiger partial charge >= 0.3 is 0 Å². The minimum Gasteiger partial charge on any atom is -0.350 e. The molecule has 0 bridgehead atoms. The zero-order valence-electron chi connectivity index (χ0n) is 9.57.